The van der Waals surface area contributed by atoms with E-state index in [4.69, 9.17) is 4.74 Å². The first-order valence-corrected chi connectivity index (χ1v) is 16.7. The molecule has 3 N–H and O–H groups in total. The van der Waals surface area contributed by atoms with Gasteiger partial charge in [0.2, 0.25) is 11.8 Å². The molecular formula is C35H40F2N4O6S. The second-order valence-electron chi connectivity index (χ2n) is 13.5. The van der Waals surface area contributed by atoms with Gasteiger partial charge in [0.05, 0.1) is 28.8 Å². The highest BCUT2D eigenvalue weighted by atomic mass is 32.1. The standard InChI is InChI=1S/C35H40F2N4O6S/c1-20-29(48-19-39-20)23-7-8-24(28(14-23)47-12-9-22-6-5-21(18-42)13-26(22)36)16-38-31(44)27-15-25(43)17-41(27)32(45)30(34(2,3)4)40-33(46)35(37)10-11-35/h5-8,13-14,18-19,25,27,30,43H,9-12,15-17H2,1-4H3,(H,38,44)(H,40,46)/t25-,27+,30-/m1/s1. The number of carbonyl (C=O) groups excluding carboxylic acids is 4. The Morgan fingerprint density at radius 2 is 1.92 bits per heavy atom. The quantitative estimate of drug-likeness (QED) is 0.242. The van der Waals surface area contributed by atoms with E-state index in [9.17, 15) is 33.1 Å². The van der Waals surface area contributed by atoms with Crippen molar-refractivity contribution in [3.8, 4) is 16.2 Å². The monoisotopic (exact) mass is 682 g/mol. The molecule has 1 aliphatic heterocycles. The van der Waals surface area contributed by atoms with Gasteiger partial charge in [-0.05, 0) is 48.4 Å². The molecule has 0 unspecified atom stereocenters. The molecule has 256 valence electrons. The Bertz CT molecular complexity index is 1700. The summed E-state index contributed by atoms with van der Waals surface area (Å²) in [5.41, 5.74) is 1.92. The summed E-state index contributed by atoms with van der Waals surface area (Å²) < 4.78 is 35.1. The normalized spacial score (nSPS) is 19.0. The Balaban J connectivity index is 1.31. The van der Waals surface area contributed by atoms with Crippen molar-refractivity contribution in [2.45, 2.75) is 83.8 Å². The van der Waals surface area contributed by atoms with E-state index in [-0.39, 0.29) is 50.9 Å². The lowest BCUT2D eigenvalue weighted by Gasteiger charge is -2.35. The first-order valence-electron chi connectivity index (χ1n) is 15.9. The molecule has 48 heavy (non-hydrogen) atoms. The topological polar surface area (TPSA) is 138 Å². The predicted molar refractivity (Wildman–Crippen MR) is 176 cm³/mol. The van der Waals surface area contributed by atoms with Crippen LogP contribution in [0.3, 0.4) is 0 Å². The van der Waals surface area contributed by atoms with Gasteiger partial charge in [-0.15, -0.1) is 11.3 Å². The molecule has 1 aliphatic carbocycles. The van der Waals surface area contributed by atoms with Crippen molar-refractivity contribution in [2.75, 3.05) is 13.2 Å². The van der Waals surface area contributed by atoms with Crippen LogP contribution < -0.4 is 15.4 Å². The van der Waals surface area contributed by atoms with Gasteiger partial charge in [0.15, 0.2) is 5.67 Å². The molecule has 2 fully saturated rings. The van der Waals surface area contributed by atoms with Crippen molar-refractivity contribution in [1.29, 1.82) is 0 Å². The van der Waals surface area contributed by atoms with Crippen molar-refractivity contribution in [1.82, 2.24) is 20.5 Å². The summed E-state index contributed by atoms with van der Waals surface area (Å²) in [6, 6.07) is 7.65. The van der Waals surface area contributed by atoms with Gasteiger partial charge in [0, 0.05) is 37.1 Å². The molecule has 1 aromatic heterocycles. The van der Waals surface area contributed by atoms with Crippen LogP contribution in [0, 0.1) is 18.2 Å². The van der Waals surface area contributed by atoms with Crippen molar-refractivity contribution in [3.63, 3.8) is 0 Å². The number of aliphatic hydroxyl groups excluding tert-OH is 1. The Morgan fingerprint density at radius 3 is 2.54 bits per heavy atom. The molecule has 2 aliphatic rings. The van der Waals surface area contributed by atoms with Gasteiger partial charge in [-0.3, -0.25) is 19.2 Å². The van der Waals surface area contributed by atoms with E-state index in [0.717, 1.165) is 16.1 Å². The number of halogens is 2. The predicted octanol–water partition coefficient (Wildman–Crippen LogP) is 4.30. The van der Waals surface area contributed by atoms with E-state index in [1.807, 2.05) is 25.1 Å². The molecule has 5 rings (SSSR count). The Hall–Kier alpha value is -4.23. The van der Waals surface area contributed by atoms with E-state index in [1.165, 1.54) is 28.4 Å². The smallest absolute Gasteiger partial charge is 0.258 e. The molecule has 0 spiro atoms. The molecule has 0 bridgehead atoms. The van der Waals surface area contributed by atoms with E-state index in [1.54, 1.807) is 32.3 Å². The largest absolute Gasteiger partial charge is 0.493 e. The third-order valence-corrected chi connectivity index (χ3v) is 9.70. The third-order valence-electron chi connectivity index (χ3n) is 8.72. The Morgan fingerprint density at radius 1 is 1.19 bits per heavy atom. The molecule has 10 nitrogen and oxygen atoms in total. The summed E-state index contributed by atoms with van der Waals surface area (Å²) in [6.07, 6.45) is 0.0372. The minimum absolute atomic E-state index is 0.00314. The van der Waals surface area contributed by atoms with Crippen molar-refractivity contribution in [3.05, 3.63) is 70.1 Å². The SMILES string of the molecule is Cc1ncsc1-c1ccc(CNC(=O)[C@@H]2C[C@@H](O)CN2C(=O)[C@@H](NC(=O)C2(F)CC2)C(C)(C)C)c(OCCc2ccc(C=O)cc2F)c1. The highest BCUT2D eigenvalue weighted by Gasteiger charge is 2.53. The highest BCUT2D eigenvalue weighted by molar-refractivity contribution is 7.13. The lowest BCUT2D eigenvalue weighted by Crippen LogP contribution is -2.59. The summed E-state index contributed by atoms with van der Waals surface area (Å²) in [6.45, 7) is 7.14. The summed E-state index contributed by atoms with van der Waals surface area (Å²) in [5, 5.41) is 15.9. The first-order chi connectivity index (χ1) is 22.7. The second-order valence-corrected chi connectivity index (χ2v) is 14.4. The van der Waals surface area contributed by atoms with Gasteiger partial charge in [0.25, 0.3) is 5.91 Å². The van der Waals surface area contributed by atoms with Crippen molar-refractivity contribution < 1.29 is 37.8 Å². The number of aryl methyl sites for hydroxylation is 1. The maximum Gasteiger partial charge on any atom is 0.258 e. The highest BCUT2D eigenvalue weighted by Crippen LogP contribution is 2.40. The van der Waals surface area contributed by atoms with E-state index in [2.05, 4.69) is 15.6 Å². The van der Waals surface area contributed by atoms with Crippen LogP contribution in [-0.4, -0.2) is 76.0 Å². The number of aldehydes is 1. The number of amides is 3. The molecule has 1 saturated heterocycles. The summed E-state index contributed by atoms with van der Waals surface area (Å²) in [5.74, 6) is -1.97. The number of thiazole rings is 1. The van der Waals surface area contributed by atoms with Gasteiger partial charge in [-0.25, -0.2) is 13.8 Å². The number of benzene rings is 2. The van der Waals surface area contributed by atoms with Crippen LogP contribution in [-0.2, 0) is 27.3 Å². The minimum atomic E-state index is -1.98. The molecule has 0 radical (unpaired) electrons. The van der Waals surface area contributed by atoms with Crippen molar-refractivity contribution in [2.24, 2.45) is 5.41 Å². The average Bonchev–Trinajstić information content (AvgIpc) is 3.45. The van der Waals surface area contributed by atoms with Gasteiger partial charge < -0.3 is 25.4 Å². The number of ether oxygens (including phenoxy) is 1. The number of β-amino-alcohol motifs (C(OH)–C–C–N with tert-alkyl or cyclic N) is 1. The fraction of sp³-hybridized carbons (Fsp3) is 0.457. The van der Waals surface area contributed by atoms with Crippen LogP contribution in [0.25, 0.3) is 10.4 Å². The summed E-state index contributed by atoms with van der Waals surface area (Å²) in [4.78, 5) is 57.4. The maximum absolute atomic E-state index is 14.5. The number of aliphatic hydroxyl groups is 1. The molecule has 3 aromatic rings. The van der Waals surface area contributed by atoms with Crippen LogP contribution in [0.2, 0.25) is 0 Å². The summed E-state index contributed by atoms with van der Waals surface area (Å²) >= 11 is 1.47. The van der Waals surface area contributed by atoms with Crippen LogP contribution >= 0.6 is 11.3 Å². The van der Waals surface area contributed by atoms with Crippen LogP contribution in [0.1, 0.15) is 67.2 Å². The van der Waals surface area contributed by atoms with Gasteiger partial charge in [-0.1, -0.05) is 45.0 Å². The van der Waals surface area contributed by atoms with Gasteiger partial charge in [-0.2, -0.15) is 0 Å². The maximum atomic E-state index is 14.5. The zero-order valence-electron chi connectivity index (χ0n) is 27.3. The zero-order valence-corrected chi connectivity index (χ0v) is 28.2. The van der Waals surface area contributed by atoms with Crippen LogP contribution in [0.5, 0.6) is 5.75 Å². The lowest BCUT2D eigenvalue weighted by molar-refractivity contribution is -0.145. The van der Waals surface area contributed by atoms with Crippen LogP contribution in [0.4, 0.5) is 8.78 Å². The number of nitrogens with one attached hydrogen (secondary N) is 2. The number of carbonyl (C=O) groups is 4. The number of rotatable bonds is 12. The van der Waals surface area contributed by atoms with E-state index < -0.39 is 52.8 Å². The molecule has 3 atom stereocenters. The lowest BCUT2D eigenvalue weighted by atomic mass is 9.85. The minimum Gasteiger partial charge on any atom is -0.493 e. The van der Waals surface area contributed by atoms with Crippen LogP contribution in [0.15, 0.2) is 41.9 Å². The average molecular weight is 683 g/mol. The number of nitrogens with zero attached hydrogens (tertiary/aromatic N) is 2. The molecule has 1 saturated carbocycles. The molecular weight excluding hydrogens is 642 g/mol. The van der Waals surface area contributed by atoms with Crippen molar-refractivity contribution >= 4 is 35.3 Å². The molecule has 13 heteroatoms. The number of likely N-dealkylation sites (tertiary alicyclic amines) is 1. The van der Waals surface area contributed by atoms with Gasteiger partial charge >= 0.3 is 0 Å². The number of aromatic nitrogens is 1. The number of alkyl halides is 1. The second kappa shape index (κ2) is 14.1. The molecule has 3 amide bonds. The summed E-state index contributed by atoms with van der Waals surface area (Å²) in [7, 11) is 0. The number of hydrogen-bond donors (Lipinski definition) is 3. The number of hydrogen-bond acceptors (Lipinski definition) is 8. The van der Waals surface area contributed by atoms with E-state index >= 15 is 0 Å². The fourth-order valence-corrected chi connectivity index (χ4v) is 6.49. The zero-order chi connectivity index (χ0) is 34.8. The Kier molecular flexibility index (Phi) is 10.3. The molecule has 2 heterocycles. The molecule has 2 aromatic carbocycles. The first kappa shape index (κ1) is 35.1. The fourth-order valence-electron chi connectivity index (χ4n) is 5.68. The van der Waals surface area contributed by atoms with E-state index in [0.29, 0.717) is 23.2 Å². The third kappa shape index (κ3) is 7.90. The van der Waals surface area contributed by atoms with Gasteiger partial charge in [0.1, 0.15) is 29.9 Å². The Labute approximate surface area is 281 Å².